The minimum Gasteiger partial charge on any atom is -0.358 e. The normalized spacial score (nSPS) is 9.26. The number of Topliss-reactive ketones (excluding diaryl/α,β-unsaturated/α-hetero) is 2. The summed E-state index contributed by atoms with van der Waals surface area (Å²) in [6.07, 6.45) is 2.81. The van der Waals surface area contributed by atoms with E-state index in [0.29, 0.717) is 12.0 Å². The van der Waals surface area contributed by atoms with Crippen LogP contribution in [0, 0.1) is 20.2 Å². The van der Waals surface area contributed by atoms with Gasteiger partial charge in [-0.05, 0) is 31.9 Å². The van der Waals surface area contributed by atoms with Crippen LogP contribution in [-0.4, -0.2) is 37.9 Å². The largest absolute Gasteiger partial charge is 0.364 e. The molecule has 2 heterocycles. The molecular formula is C16H19N5O6. The molecule has 2 aromatic rings. The second kappa shape index (κ2) is 11.1. The molecule has 0 saturated carbocycles. The van der Waals surface area contributed by atoms with Gasteiger partial charge in [0.05, 0.1) is 6.54 Å². The minimum absolute atomic E-state index is 0. The standard InChI is InChI=1S/C8H8N2O3.C7H7N3O3.CH4/c1-2-7(11)6-3-4-9-8(5-6)10(12)13;8-4-6(11)5-1-2-9-7(3-5)10(12)13;/h3-5H,2H2,1H3;1-3H,4,8H2;1H4. The first-order valence-corrected chi connectivity index (χ1v) is 7.27. The Morgan fingerprint density at radius 3 is 1.70 bits per heavy atom. The van der Waals surface area contributed by atoms with Crippen LogP contribution < -0.4 is 5.73 Å². The zero-order valence-corrected chi connectivity index (χ0v) is 13.7. The maximum atomic E-state index is 11.1. The van der Waals surface area contributed by atoms with Crippen LogP contribution in [0.2, 0.25) is 0 Å². The van der Waals surface area contributed by atoms with Crippen LogP contribution in [0.4, 0.5) is 11.6 Å². The maximum absolute atomic E-state index is 11.1. The van der Waals surface area contributed by atoms with Gasteiger partial charge >= 0.3 is 11.6 Å². The average Bonchev–Trinajstić information content (AvgIpc) is 2.67. The van der Waals surface area contributed by atoms with Gasteiger partial charge in [0.25, 0.3) is 0 Å². The highest BCUT2D eigenvalue weighted by atomic mass is 16.6. The Hall–Kier alpha value is -3.60. The van der Waals surface area contributed by atoms with Crippen LogP contribution in [0.1, 0.15) is 41.5 Å². The van der Waals surface area contributed by atoms with Gasteiger partial charge in [0, 0.05) is 29.7 Å². The molecule has 0 fully saturated rings. The molecule has 0 unspecified atom stereocenters. The summed E-state index contributed by atoms with van der Waals surface area (Å²) in [5, 5.41) is 20.6. The van der Waals surface area contributed by atoms with E-state index in [1.165, 1.54) is 30.6 Å². The van der Waals surface area contributed by atoms with E-state index in [1.54, 1.807) is 6.92 Å². The number of carbonyl (C=O) groups is 2. The van der Waals surface area contributed by atoms with Crippen LogP contribution >= 0.6 is 0 Å². The molecule has 27 heavy (non-hydrogen) atoms. The van der Waals surface area contributed by atoms with Gasteiger partial charge in [0.15, 0.2) is 11.6 Å². The fourth-order valence-electron chi connectivity index (χ4n) is 1.71. The summed E-state index contributed by atoms with van der Waals surface area (Å²) in [6.45, 7) is 1.54. The minimum atomic E-state index is -0.659. The van der Waals surface area contributed by atoms with E-state index in [4.69, 9.17) is 5.73 Å². The zero-order chi connectivity index (χ0) is 19.7. The van der Waals surface area contributed by atoms with Gasteiger partial charge in [-0.15, -0.1) is 0 Å². The third-order valence-electron chi connectivity index (χ3n) is 3.02. The quantitative estimate of drug-likeness (QED) is 0.450. The highest BCUT2D eigenvalue weighted by Crippen LogP contribution is 2.11. The van der Waals surface area contributed by atoms with Crippen molar-refractivity contribution in [2.45, 2.75) is 20.8 Å². The number of nitro groups is 2. The summed E-state index contributed by atoms with van der Waals surface area (Å²) < 4.78 is 0. The lowest BCUT2D eigenvalue weighted by Gasteiger charge is -1.95. The van der Waals surface area contributed by atoms with E-state index in [1.807, 2.05) is 0 Å². The number of nitrogens with two attached hydrogens (primary N) is 1. The average molecular weight is 377 g/mol. The predicted octanol–water partition coefficient (Wildman–Crippen LogP) is 2.35. The van der Waals surface area contributed by atoms with Crippen molar-refractivity contribution in [3.05, 3.63) is 68.0 Å². The highest BCUT2D eigenvalue weighted by Gasteiger charge is 2.11. The van der Waals surface area contributed by atoms with E-state index in [0.717, 1.165) is 6.07 Å². The Morgan fingerprint density at radius 1 is 0.963 bits per heavy atom. The number of rotatable bonds is 6. The van der Waals surface area contributed by atoms with Crippen LogP contribution in [-0.2, 0) is 0 Å². The fraction of sp³-hybridized carbons (Fsp3) is 0.250. The summed E-state index contributed by atoms with van der Waals surface area (Å²) in [6, 6.07) is 5.15. The second-order valence-electron chi connectivity index (χ2n) is 4.72. The molecule has 2 rings (SSSR count). The highest BCUT2D eigenvalue weighted by molar-refractivity contribution is 5.97. The van der Waals surface area contributed by atoms with E-state index in [9.17, 15) is 29.8 Å². The SMILES string of the molecule is C.CCC(=O)c1ccnc([N+](=O)[O-])c1.NCC(=O)c1ccnc([N+](=O)[O-])c1. The van der Waals surface area contributed by atoms with Crippen molar-refractivity contribution in [3.8, 4) is 0 Å². The van der Waals surface area contributed by atoms with Crippen molar-refractivity contribution in [2.75, 3.05) is 6.54 Å². The molecule has 0 aromatic carbocycles. The lowest BCUT2D eigenvalue weighted by Crippen LogP contribution is -2.13. The number of hydrogen-bond donors (Lipinski definition) is 1. The molecule has 11 heteroatoms. The molecule has 0 aliphatic carbocycles. The van der Waals surface area contributed by atoms with Crippen LogP contribution in [0.25, 0.3) is 0 Å². The molecule has 0 atom stereocenters. The fourth-order valence-corrected chi connectivity index (χ4v) is 1.71. The van der Waals surface area contributed by atoms with Gasteiger partial charge in [-0.25, -0.2) is 0 Å². The summed E-state index contributed by atoms with van der Waals surface area (Å²) in [4.78, 5) is 48.4. The molecule has 0 radical (unpaired) electrons. The smallest absolute Gasteiger partial charge is 0.358 e. The molecule has 0 saturated heterocycles. The Morgan fingerprint density at radius 2 is 1.37 bits per heavy atom. The Kier molecular flexibility index (Phi) is 9.62. The molecule has 0 amide bonds. The van der Waals surface area contributed by atoms with Gasteiger partial charge in [0.2, 0.25) is 0 Å². The van der Waals surface area contributed by atoms with Gasteiger partial charge < -0.3 is 26.0 Å². The lowest BCUT2D eigenvalue weighted by molar-refractivity contribution is -0.389. The third-order valence-corrected chi connectivity index (χ3v) is 3.02. The molecule has 0 bridgehead atoms. The molecule has 2 N–H and O–H groups in total. The molecule has 0 aliphatic heterocycles. The third kappa shape index (κ3) is 7.04. The number of nitrogens with zero attached hydrogens (tertiary/aromatic N) is 4. The molecule has 2 aromatic heterocycles. The van der Waals surface area contributed by atoms with Crippen molar-refractivity contribution in [1.29, 1.82) is 0 Å². The predicted molar refractivity (Wildman–Crippen MR) is 96.5 cm³/mol. The van der Waals surface area contributed by atoms with E-state index >= 15 is 0 Å². The Bertz CT molecular complexity index is 770. The first-order chi connectivity index (χ1) is 12.3. The van der Waals surface area contributed by atoms with Crippen molar-refractivity contribution in [1.82, 2.24) is 9.97 Å². The lowest BCUT2D eigenvalue weighted by atomic mass is 10.1. The van der Waals surface area contributed by atoms with Crippen molar-refractivity contribution >= 4 is 23.2 Å². The monoisotopic (exact) mass is 377 g/mol. The summed E-state index contributed by atoms with van der Waals surface area (Å²) in [5.41, 5.74) is 5.64. The molecule has 0 spiro atoms. The topological polar surface area (TPSA) is 172 Å². The molecule has 0 aliphatic rings. The second-order valence-corrected chi connectivity index (χ2v) is 4.72. The molecule has 144 valence electrons. The summed E-state index contributed by atoms with van der Waals surface area (Å²) in [5.74, 6) is -1.10. The number of ketones is 2. The van der Waals surface area contributed by atoms with Gasteiger partial charge in [0.1, 0.15) is 12.4 Å². The first kappa shape index (κ1) is 23.4. The first-order valence-electron chi connectivity index (χ1n) is 7.27. The summed E-state index contributed by atoms with van der Waals surface area (Å²) in [7, 11) is 0. The van der Waals surface area contributed by atoms with Crippen molar-refractivity contribution < 1.29 is 19.4 Å². The van der Waals surface area contributed by atoms with Crippen molar-refractivity contribution in [2.24, 2.45) is 5.73 Å². The van der Waals surface area contributed by atoms with Crippen LogP contribution in [0.3, 0.4) is 0 Å². The van der Waals surface area contributed by atoms with E-state index < -0.39 is 9.85 Å². The van der Waals surface area contributed by atoms with E-state index in [2.05, 4.69) is 9.97 Å². The van der Waals surface area contributed by atoms with E-state index in [-0.39, 0.29) is 42.7 Å². The molecular weight excluding hydrogens is 358 g/mol. The molecule has 11 nitrogen and oxygen atoms in total. The van der Waals surface area contributed by atoms with Gasteiger partial charge in [-0.3, -0.25) is 9.59 Å². The number of carbonyl (C=O) groups excluding carboxylic acids is 2. The Labute approximate surface area is 154 Å². The van der Waals surface area contributed by atoms with Gasteiger partial charge in [-0.2, -0.15) is 0 Å². The zero-order valence-electron chi connectivity index (χ0n) is 13.7. The summed E-state index contributed by atoms with van der Waals surface area (Å²) >= 11 is 0. The number of pyridine rings is 2. The van der Waals surface area contributed by atoms with Gasteiger partial charge in [-0.1, -0.05) is 14.4 Å². The van der Waals surface area contributed by atoms with Crippen molar-refractivity contribution in [3.63, 3.8) is 0 Å². The Balaban J connectivity index is 0.000000483. The maximum Gasteiger partial charge on any atom is 0.364 e. The number of hydrogen-bond acceptors (Lipinski definition) is 9. The van der Waals surface area contributed by atoms with Crippen LogP contribution in [0.5, 0.6) is 0 Å². The number of aromatic nitrogens is 2. The van der Waals surface area contributed by atoms with Crippen LogP contribution in [0.15, 0.2) is 36.7 Å².